The number of amides is 1. The van der Waals surface area contributed by atoms with E-state index in [9.17, 15) is 4.79 Å². The lowest BCUT2D eigenvalue weighted by atomic mass is 9.99. The molecule has 1 atom stereocenters. The number of benzene rings is 2. The molecule has 2 aromatic carbocycles. The molecule has 6 rings (SSSR count). The molecule has 1 aromatic heterocycles. The Morgan fingerprint density at radius 1 is 1.23 bits per heavy atom. The van der Waals surface area contributed by atoms with Crippen molar-refractivity contribution >= 4 is 29.0 Å². The van der Waals surface area contributed by atoms with E-state index >= 15 is 0 Å². The molecule has 0 aliphatic carbocycles. The summed E-state index contributed by atoms with van der Waals surface area (Å²) in [6.45, 7) is 3.61. The molecule has 1 unspecified atom stereocenters. The van der Waals surface area contributed by atoms with Crippen molar-refractivity contribution < 1.29 is 14.3 Å². The standard InChI is InChI=1S/C27H27ClN4O3/c28-22-14-30-25(31-27(33)19-4-2-9-29-13-19)12-21(22)18-7-6-17-8-10-32(23(17)11-18)15-20-3-1-5-24-26(20)35-16-34-24/h1,3,5-7,11-12,14,19,29H,2,4,8-10,13,15-16H2,(H,30,31,33). The summed E-state index contributed by atoms with van der Waals surface area (Å²) in [5.41, 5.74) is 5.46. The van der Waals surface area contributed by atoms with Crippen LogP contribution in [-0.2, 0) is 17.8 Å². The number of carbonyl (C=O) groups excluding carboxylic acids is 1. The molecule has 3 aromatic rings. The van der Waals surface area contributed by atoms with Gasteiger partial charge in [-0.15, -0.1) is 0 Å². The van der Waals surface area contributed by atoms with E-state index in [-0.39, 0.29) is 18.6 Å². The molecule has 0 radical (unpaired) electrons. The van der Waals surface area contributed by atoms with Crippen LogP contribution in [0.15, 0.2) is 48.7 Å². The lowest BCUT2D eigenvalue weighted by molar-refractivity contribution is -0.120. The Morgan fingerprint density at radius 2 is 2.17 bits per heavy atom. The monoisotopic (exact) mass is 490 g/mol. The van der Waals surface area contributed by atoms with Gasteiger partial charge in [-0.05, 0) is 55.1 Å². The number of pyridine rings is 1. The molecule has 0 spiro atoms. The molecule has 1 saturated heterocycles. The number of ether oxygens (including phenoxy) is 2. The van der Waals surface area contributed by atoms with Crippen molar-refractivity contribution in [2.24, 2.45) is 5.92 Å². The van der Waals surface area contributed by atoms with Gasteiger partial charge in [0, 0.05) is 42.6 Å². The largest absolute Gasteiger partial charge is 0.454 e. The lowest BCUT2D eigenvalue weighted by Crippen LogP contribution is -2.37. The smallest absolute Gasteiger partial charge is 0.231 e. The molecule has 2 N–H and O–H groups in total. The number of piperidine rings is 1. The Kier molecular flexibility index (Phi) is 5.96. The maximum absolute atomic E-state index is 12.7. The topological polar surface area (TPSA) is 75.7 Å². The summed E-state index contributed by atoms with van der Waals surface area (Å²) >= 11 is 6.57. The third kappa shape index (κ3) is 4.42. The van der Waals surface area contributed by atoms with Gasteiger partial charge in [0.2, 0.25) is 12.7 Å². The first-order chi connectivity index (χ1) is 17.2. The quantitative estimate of drug-likeness (QED) is 0.543. The van der Waals surface area contributed by atoms with E-state index < -0.39 is 0 Å². The lowest BCUT2D eigenvalue weighted by Gasteiger charge is -2.22. The van der Waals surface area contributed by atoms with Crippen molar-refractivity contribution in [3.8, 4) is 22.6 Å². The Morgan fingerprint density at radius 3 is 3.06 bits per heavy atom. The summed E-state index contributed by atoms with van der Waals surface area (Å²) in [5.74, 6) is 2.13. The zero-order chi connectivity index (χ0) is 23.8. The van der Waals surface area contributed by atoms with Gasteiger partial charge in [-0.1, -0.05) is 35.9 Å². The number of para-hydroxylation sites is 1. The molecule has 35 heavy (non-hydrogen) atoms. The number of nitrogens with zero attached hydrogens (tertiary/aromatic N) is 2. The molecule has 1 fully saturated rings. The molecule has 7 nitrogen and oxygen atoms in total. The van der Waals surface area contributed by atoms with Gasteiger partial charge in [-0.25, -0.2) is 4.98 Å². The Hall–Kier alpha value is -3.29. The minimum absolute atomic E-state index is 0.000285. The zero-order valence-electron chi connectivity index (χ0n) is 19.4. The molecule has 0 saturated carbocycles. The van der Waals surface area contributed by atoms with Crippen LogP contribution in [0.1, 0.15) is 24.0 Å². The predicted octanol–water partition coefficient (Wildman–Crippen LogP) is 4.63. The highest BCUT2D eigenvalue weighted by Gasteiger charge is 2.25. The molecule has 3 aliphatic rings. The van der Waals surface area contributed by atoms with E-state index in [2.05, 4.69) is 44.8 Å². The van der Waals surface area contributed by atoms with Crippen molar-refractivity contribution in [1.29, 1.82) is 0 Å². The molecule has 4 heterocycles. The average Bonchev–Trinajstić information content (AvgIpc) is 3.53. The summed E-state index contributed by atoms with van der Waals surface area (Å²) < 4.78 is 11.3. The van der Waals surface area contributed by atoms with Gasteiger partial charge in [0.1, 0.15) is 5.82 Å². The van der Waals surface area contributed by atoms with Crippen molar-refractivity contribution in [2.75, 3.05) is 36.6 Å². The zero-order valence-corrected chi connectivity index (χ0v) is 20.1. The maximum atomic E-state index is 12.7. The fraction of sp³-hybridized carbons (Fsp3) is 0.333. The molecule has 8 heteroatoms. The first-order valence-electron chi connectivity index (χ1n) is 12.1. The third-order valence-corrected chi connectivity index (χ3v) is 7.30. The number of rotatable bonds is 5. The SMILES string of the molecule is O=C(Nc1cc(-c2ccc3c(c2)N(Cc2cccc4c2OCO4)CC3)c(Cl)cn1)C1CCCNC1. The van der Waals surface area contributed by atoms with Crippen LogP contribution in [-0.4, -0.2) is 37.3 Å². The highest BCUT2D eigenvalue weighted by molar-refractivity contribution is 6.33. The van der Waals surface area contributed by atoms with E-state index in [1.54, 1.807) is 6.20 Å². The minimum Gasteiger partial charge on any atom is -0.454 e. The van der Waals surface area contributed by atoms with Crippen LogP contribution in [0.2, 0.25) is 5.02 Å². The number of hydrogen-bond acceptors (Lipinski definition) is 6. The second-order valence-electron chi connectivity index (χ2n) is 9.25. The van der Waals surface area contributed by atoms with Crippen LogP contribution in [0.3, 0.4) is 0 Å². The second-order valence-corrected chi connectivity index (χ2v) is 9.66. The van der Waals surface area contributed by atoms with Gasteiger partial charge in [-0.2, -0.15) is 0 Å². The van der Waals surface area contributed by atoms with Gasteiger partial charge in [0.25, 0.3) is 0 Å². The number of anilines is 2. The van der Waals surface area contributed by atoms with Crippen molar-refractivity contribution in [3.05, 3.63) is 64.8 Å². The van der Waals surface area contributed by atoms with Crippen molar-refractivity contribution in [2.45, 2.75) is 25.8 Å². The van der Waals surface area contributed by atoms with E-state index in [1.807, 2.05) is 18.2 Å². The van der Waals surface area contributed by atoms with Crippen molar-refractivity contribution in [3.63, 3.8) is 0 Å². The fourth-order valence-corrected chi connectivity index (χ4v) is 5.34. The van der Waals surface area contributed by atoms with Gasteiger partial charge < -0.3 is 25.0 Å². The van der Waals surface area contributed by atoms with Gasteiger partial charge in [0.05, 0.1) is 10.9 Å². The molecule has 1 amide bonds. The number of fused-ring (bicyclic) bond motifs is 2. The van der Waals surface area contributed by atoms with Crippen LogP contribution >= 0.6 is 11.6 Å². The van der Waals surface area contributed by atoms with Crippen LogP contribution in [0.4, 0.5) is 11.5 Å². The number of nitrogens with one attached hydrogen (secondary N) is 2. The summed E-state index contributed by atoms with van der Waals surface area (Å²) in [7, 11) is 0. The first kappa shape index (κ1) is 22.2. The van der Waals surface area contributed by atoms with E-state index in [4.69, 9.17) is 21.1 Å². The molecule has 0 bridgehead atoms. The minimum atomic E-state index is -0.0351. The summed E-state index contributed by atoms with van der Waals surface area (Å²) in [6.07, 6.45) is 4.50. The molecule has 180 valence electrons. The Bertz CT molecular complexity index is 1280. The fourth-order valence-electron chi connectivity index (χ4n) is 5.13. The van der Waals surface area contributed by atoms with E-state index in [1.165, 1.54) is 11.3 Å². The van der Waals surface area contributed by atoms with E-state index in [0.717, 1.165) is 67.1 Å². The van der Waals surface area contributed by atoms with Crippen LogP contribution in [0, 0.1) is 5.92 Å². The highest BCUT2D eigenvalue weighted by atomic mass is 35.5. The summed E-state index contributed by atoms with van der Waals surface area (Å²) in [6, 6.07) is 14.3. The highest BCUT2D eigenvalue weighted by Crippen LogP contribution is 2.40. The van der Waals surface area contributed by atoms with E-state index in [0.29, 0.717) is 17.4 Å². The second kappa shape index (κ2) is 9.40. The van der Waals surface area contributed by atoms with Gasteiger partial charge in [-0.3, -0.25) is 4.79 Å². The van der Waals surface area contributed by atoms with Gasteiger partial charge in [0.15, 0.2) is 11.5 Å². The normalized spacial score (nSPS) is 18.4. The number of aromatic nitrogens is 1. The molecular weight excluding hydrogens is 464 g/mol. The average molecular weight is 491 g/mol. The molecule has 3 aliphatic heterocycles. The Labute approximate surface area is 209 Å². The van der Waals surface area contributed by atoms with Crippen LogP contribution in [0.5, 0.6) is 11.5 Å². The van der Waals surface area contributed by atoms with Crippen LogP contribution in [0.25, 0.3) is 11.1 Å². The van der Waals surface area contributed by atoms with Crippen molar-refractivity contribution in [1.82, 2.24) is 10.3 Å². The number of hydrogen-bond donors (Lipinski definition) is 2. The third-order valence-electron chi connectivity index (χ3n) is 7.00. The predicted molar refractivity (Wildman–Crippen MR) is 136 cm³/mol. The van der Waals surface area contributed by atoms with Gasteiger partial charge >= 0.3 is 0 Å². The maximum Gasteiger partial charge on any atom is 0.231 e. The summed E-state index contributed by atoms with van der Waals surface area (Å²) in [4.78, 5) is 19.4. The summed E-state index contributed by atoms with van der Waals surface area (Å²) in [5, 5.41) is 6.82. The first-order valence-corrected chi connectivity index (χ1v) is 12.5. The van der Waals surface area contributed by atoms with Crippen LogP contribution < -0.4 is 25.0 Å². The number of carbonyl (C=O) groups is 1. The Balaban J connectivity index is 1.25. The number of halogens is 1. The molecular formula is C27H27ClN4O3.